The molecule has 0 saturated heterocycles. The number of thioether (sulfide) groups is 2. The zero-order valence-corrected chi connectivity index (χ0v) is 21.0. The van der Waals surface area contributed by atoms with Gasteiger partial charge < -0.3 is 20.5 Å². The van der Waals surface area contributed by atoms with E-state index in [2.05, 4.69) is 5.32 Å². The molecular formula is C20H38N2O5S2. The van der Waals surface area contributed by atoms with Crippen LogP contribution in [-0.2, 0) is 19.1 Å². The molecule has 0 aromatic carbocycles. The van der Waals surface area contributed by atoms with Gasteiger partial charge in [-0.25, -0.2) is 14.4 Å². The molecule has 0 bridgehead atoms. The minimum Gasteiger partial charge on any atom is -0.447 e. The molecule has 0 aromatic rings. The Labute approximate surface area is 184 Å². The topological polar surface area (TPSA) is 108 Å². The summed E-state index contributed by atoms with van der Waals surface area (Å²) in [6.07, 6.45) is -1.09. The summed E-state index contributed by atoms with van der Waals surface area (Å²) in [6.45, 7) is 18.7. The van der Waals surface area contributed by atoms with E-state index in [1.165, 1.54) is 23.5 Å². The third-order valence-corrected chi connectivity index (χ3v) is 6.47. The summed E-state index contributed by atoms with van der Waals surface area (Å²) in [5.74, 6) is -1.67. The average molecular weight is 451 g/mol. The third kappa shape index (κ3) is 10.1. The van der Waals surface area contributed by atoms with E-state index in [0.717, 1.165) is 0 Å². The number of rotatable bonds is 10. The second-order valence-corrected chi connectivity index (χ2v) is 13.3. The van der Waals surface area contributed by atoms with Crippen LogP contribution in [0.3, 0.4) is 0 Å². The van der Waals surface area contributed by atoms with Crippen LogP contribution in [0.4, 0.5) is 4.79 Å². The van der Waals surface area contributed by atoms with Crippen molar-refractivity contribution in [3.05, 3.63) is 0 Å². The first-order valence-electron chi connectivity index (χ1n) is 9.83. The molecule has 0 rings (SSSR count). The Hall–Kier alpha value is -0.930. The summed E-state index contributed by atoms with van der Waals surface area (Å²) in [5, 5.41) is 2.99. The summed E-state index contributed by atoms with van der Waals surface area (Å²) in [5.41, 5.74) is 6.08. The molecule has 0 aliphatic rings. The molecular weight excluding hydrogens is 412 g/mol. The van der Waals surface area contributed by atoms with E-state index in [9.17, 15) is 14.4 Å². The van der Waals surface area contributed by atoms with Gasteiger partial charge in [-0.15, -0.1) is 0 Å². The molecule has 1 amide bonds. The lowest BCUT2D eigenvalue weighted by atomic mass is 10.0. The highest BCUT2D eigenvalue weighted by atomic mass is 32.2. The average Bonchev–Trinajstić information content (AvgIpc) is 2.48. The third-order valence-electron chi connectivity index (χ3n) is 3.82. The number of nitrogens with one attached hydrogen (secondary N) is 1. The molecule has 0 aliphatic carbocycles. The van der Waals surface area contributed by atoms with Crippen LogP contribution in [0.5, 0.6) is 0 Å². The van der Waals surface area contributed by atoms with Gasteiger partial charge in [-0.05, 0) is 52.0 Å². The van der Waals surface area contributed by atoms with E-state index in [4.69, 9.17) is 15.2 Å². The van der Waals surface area contributed by atoms with Gasteiger partial charge in [0.1, 0.15) is 12.1 Å². The number of alkyl carbamates (subject to hydrolysis) is 1. The first-order chi connectivity index (χ1) is 13.0. The molecule has 0 aliphatic heterocycles. The maximum atomic E-state index is 12.9. The van der Waals surface area contributed by atoms with Crippen LogP contribution >= 0.6 is 23.5 Å². The van der Waals surface area contributed by atoms with E-state index >= 15 is 0 Å². The van der Waals surface area contributed by atoms with E-state index in [0.29, 0.717) is 0 Å². The SMILES string of the molecule is CC(C)OC(=O)N[C@H](C(=O)OC(=O)[C@@H](N)C(C)(C)SC(C)C)C(C)(C)SC(C)C. The van der Waals surface area contributed by atoms with Crippen molar-refractivity contribution in [1.82, 2.24) is 5.32 Å². The van der Waals surface area contributed by atoms with E-state index in [1.807, 2.05) is 55.4 Å². The van der Waals surface area contributed by atoms with E-state index in [1.54, 1.807) is 13.8 Å². The highest BCUT2D eigenvalue weighted by Crippen LogP contribution is 2.34. The maximum Gasteiger partial charge on any atom is 0.408 e. The quantitative estimate of drug-likeness (QED) is 0.383. The van der Waals surface area contributed by atoms with E-state index in [-0.39, 0.29) is 16.6 Å². The van der Waals surface area contributed by atoms with Gasteiger partial charge in [-0.2, -0.15) is 23.5 Å². The first kappa shape index (κ1) is 28.1. The summed E-state index contributed by atoms with van der Waals surface area (Å²) in [4.78, 5) is 37.6. The predicted octanol–water partition coefficient (Wildman–Crippen LogP) is 3.73. The van der Waals surface area contributed by atoms with Crippen LogP contribution in [-0.4, -0.2) is 56.2 Å². The van der Waals surface area contributed by atoms with Crippen molar-refractivity contribution in [2.24, 2.45) is 5.73 Å². The zero-order chi connectivity index (χ0) is 23.2. The number of hydrogen-bond acceptors (Lipinski definition) is 8. The fourth-order valence-corrected chi connectivity index (χ4v) is 5.71. The highest BCUT2D eigenvalue weighted by Gasteiger charge is 2.42. The molecule has 0 fully saturated rings. The van der Waals surface area contributed by atoms with Gasteiger partial charge >= 0.3 is 18.0 Å². The first-order valence-corrected chi connectivity index (χ1v) is 11.6. The zero-order valence-electron chi connectivity index (χ0n) is 19.3. The van der Waals surface area contributed by atoms with Crippen LogP contribution in [0.15, 0.2) is 0 Å². The largest absolute Gasteiger partial charge is 0.447 e. The molecule has 2 atom stereocenters. The molecule has 0 unspecified atom stereocenters. The van der Waals surface area contributed by atoms with Gasteiger partial charge in [-0.3, -0.25) is 0 Å². The van der Waals surface area contributed by atoms with Gasteiger partial charge in [0.2, 0.25) is 0 Å². The Kier molecular flexibility index (Phi) is 11.1. The maximum absolute atomic E-state index is 12.9. The van der Waals surface area contributed by atoms with Gasteiger partial charge in [-0.1, -0.05) is 27.7 Å². The monoisotopic (exact) mass is 450 g/mol. The molecule has 29 heavy (non-hydrogen) atoms. The van der Waals surface area contributed by atoms with Crippen molar-refractivity contribution < 1.29 is 23.9 Å². The molecule has 3 N–H and O–H groups in total. The molecule has 7 nitrogen and oxygen atoms in total. The summed E-state index contributed by atoms with van der Waals surface area (Å²) >= 11 is 3.01. The second-order valence-electron chi connectivity index (χ2n) is 8.79. The Balaban J connectivity index is 5.48. The summed E-state index contributed by atoms with van der Waals surface area (Å²) in [6, 6.07) is -2.08. The standard InChI is InChI=1S/C20H38N2O5S2/c1-11(2)26-18(25)22-15(20(9,10)29-13(5)6)17(24)27-16(23)14(21)19(7,8)28-12(3)4/h11-15H,21H2,1-10H3,(H,22,25)/t14-,15-/m1/s1. The van der Waals surface area contributed by atoms with Gasteiger partial charge in [0.25, 0.3) is 0 Å². The van der Waals surface area contributed by atoms with Crippen molar-refractivity contribution in [1.29, 1.82) is 0 Å². The number of amides is 1. The lowest BCUT2D eigenvalue weighted by Crippen LogP contribution is -2.56. The molecule has 0 spiro atoms. The van der Waals surface area contributed by atoms with Crippen LogP contribution < -0.4 is 11.1 Å². The van der Waals surface area contributed by atoms with Crippen molar-refractivity contribution in [3.63, 3.8) is 0 Å². The Morgan fingerprint density at radius 3 is 1.69 bits per heavy atom. The van der Waals surface area contributed by atoms with Crippen molar-refractivity contribution >= 4 is 41.6 Å². The lowest BCUT2D eigenvalue weighted by molar-refractivity contribution is -0.162. The van der Waals surface area contributed by atoms with Crippen LogP contribution in [0.2, 0.25) is 0 Å². The van der Waals surface area contributed by atoms with Crippen molar-refractivity contribution in [2.45, 2.75) is 107 Å². The highest BCUT2D eigenvalue weighted by molar-refractivity contribution is 8.01. The van der Waals surface area contributed by atoms with Gasteiger partial charge in [0, 0.05) is 9.49 Å². The Morgan fingerprint density at radius 2 is 1.28 bits per heavy atom. The van der Waals surface area contributed by atoms with E-state index < -0.39 is 39.6 Å². The Bertz CT molecular complexity index is 577. The number of ether oxygens (including phenoxy) is 2. The Morgan fingerprint density at radius 1 is 0.828 bits per heavy atom. The number of esters is 2. The fraction of sp³-hybridized carbons (Fsp3) is 0.850. The van der Waals surface area contributed by atoms with Gasteiger partial charge in [0.15, 0.2) is 0 Å². The second kappa shape index (κ2) is 11.5. The number of hydrogen-bond donors (Lipinski definition) is 2. The minimum absolute atomic E-state index is 0.183. The summed E-state index contributed by atoms with van der Waals surface area (Å²) in [7, 11) is 0. The smallest absolute Gasteiger partial charge is 0.408 e. The predicted molar refractivity (Wildman–Crippen MR) is 121 cm³/mol. The molecule has 9 heteroatoms. The van der Waals surface area contributed by atoms with Crippen LogP contribution in [0, 0.1) is 0 Å². The fourth-order valence-electron chi connectivity index (χ4n) is 2.74. The van der Waals surface area contributed by atoms with Crippen LogP contribution in [0.1, 0.15) is 69.2 Å². The number of carbonyl (C=O) groups excluding carboxylic acids is 3. The molecule has 0 heterocycles. The van der Waals surface area contributed by atoms with Crippen LogP contribution in [0.25, 0.3) is 0 Å². The molecule has 170 valence electrons. The van der Waals surface area contributed by atoms with Crippen molar-refractivity contribution in [2.75, 3.05) is 0 Å². The number of carbonyl (C=O) groups is 3. The number of nitrogens with two attached hydrogens (primary N) is 1. The summed E-state index contributed by atoms with van der Waals surface area (Å²) < 4.78 is 8.86. The van der Waals surface area contributed by atoms with Crippen molar-refractivity contribution in [3.8, 4) is 0 Å². The van der Waals surface area contributed by atoms with Gasteiger partial charge in [0.05, 0.1) is 6.10 Å². The minimum atomic E-state index is -1.09. The molecule has 0 aromatic heterocycles. The molecule has 0 radical (unpaired) electrons. The normalized spacial score (nSPS) is 14.7. The molecule has 0 saturated carbocycles. The lowest BCUT2D eigenvalue weighted by Gasteiger charge is -2.35.